The summed E-state index contributed by atoms with van der Waals surface area (Å²) in [6.07, 6.45) is 8.55. The second-order valence-corrected chi connectivity index (χ2v) is 5.15. The maximum Gasteiger partial charge on any atom is -0.0256 e. The number of hydrogen-bond donors (Lipinski definition) is 0. The topological polar surface area (TPSA) is 0 Å². The highest BCUT2D eigenvalue weighted by molar-refractivity contribution is 5.72. The summed E-state index contributed by atoms with van der Waals surface area (Å²) in [4.78, 5) is 0. The van der Waals surface area contributed by atoms with Gasteiger partial charge in [-0.25, -0.2) is 0 Å². The Morgan fingerprint density at radius 3 is 0.786 bits per heavy atom. The molecule has 0 unspecified atom stereocenters. The summed E-state index contributed by atoms with van der Waals surface area (Å²) in [5, 5.41) is 0. The zero-order valence-corrected chi connectivity index (χ0v) is 18.4. The normalized spacial score (nSPS) is 9.50. The molecule has 0 heteroatoms. The summed E-state index contributed by atoms with van der Waals surface area (Å²) in [5.74, 6) is 0. The molecule has 3 aromatic carbocycles. The number of benzene rings is 3. The number of rotatable bonds is 4. The van der Waals surface area contributed by atoms with Crippen LogP contribution in [0.5, 0.6) is 0 Å². The molecule has 0 heterocycles. The molecular weight excluding hydrogens is 336 g/mol. The van der Waals surface area contributed by atoms with Crippen LogP contribution in [0.15, 0.2) is 84.9 Å². The molecule has 0 bridgehead atoms. The van der Waals surface area contributed by atoms with Gasteiger partial charge in [0.1, 0.15) is 0 Å². The standard InChI is InChI=1S/C22H18.3C2H6/c1-3-7-19(8-4-1)11-13-21-15-17-22(18-16-21)14-12-20-9-5-2-6-10-20;3*1-2/h1-18H;3*1-2H3/b13-11+,14-12+;;;. The van der Waals surface area contributed by atoms with E-state index in [1.54, 1.807) is 0 Å². The van der Waals surface area contributed by atoms with E-state index in [1.165, 1.54) is 22.3 Å². The molecule has 0 saturated heterocycles. The first-order chi connectivity index (χ1) is 13.9. The van der Waals surface area contributed by atoms with Crippen molar-refractivity contribution in [2.45, 2.75) is 41.5 Å². The highest BCUT2D eigenvalue weighted by Gasteiger charge is 1.90. The lowest BCUT2D eigenvalue weighted by Gasteiger charge is -1.97. The Morgan fingerprint density at radius 2 is 0.536 bits per heavy atom. The Hall–Kier alpha value is -2.86. The highest BCUT2D eigenvalue weighted by atomic mass is 14.0. The first kappa shape index (κ1) is 25.1. The van der Waals surface area contributed by atoms with E-state index in [9.17, 15) is 0 Å². The van der Waals surface area contributed by atoms with E-state index in [-0.39, 0.29) is 0 Å². The Kier molecular flexibility index (Phi) is 15.8. The van der Waals surface area contributed by atoms with Gasteiger partial charge in [0.05, 0.1) is 0 Å². The molecule has 3 aromatic rings. The first-order valence-electron chi connectivity index (χ1n) is 10.5. The van der Waals surface area contributed by atoms with Crippen molar-refractivity contribution in [3.05, 3.63) is 107 Å². The van der Waals surface area contributed by atoms with E-state index in [2.05, 4.69) is 97.1 Å². The minimum Gasteiger partial charge on any atom is -0.0683 e. The average molecular weight is 373 g/mol. The Labute approximate surface area is 173 Å². The third kappa shape index (κ3) is 10.3. The van der Waals surface area contributed by atoms with Crippen LogP contribution in [0.4, 0.5) is 0 Å². The maximum absolute atomic E-state index is 2.14. The molecule has 0 atom stereocenters. The second kappa shape index (κ2) is 17.5. The molecule has 0 spiro atoms. The molecular formula is C28H36. The molecule has 0 saturated carbocycles. The summed E-state index contributed by atoms with van der Waals surface area (Å²) < 4.78 is 0. The van der Waals surface area contributed by atoms with Crippen molar-refractivity contribution < 1.29 is 0 Å². The lowest BCUT2D eigenvalue weighted by molar-refractivity contribution is 1.50. The molecule has 0 aliphatic carbocycles. The largest absolute Gasteiger partial charge is 0.0683 e. The van der Waals surface area contributed by atoms with E-state index < -0.39 is 0 Å². The molecule has 3 rings (SSSR count). The molecule has 0 radical (unpaired) electrons. The number of hydrogen-bond acceptors (Lipinski definition) is 0. The zero-order valence-electron chi connectivity index (χ0n) is 18.4. The third-order valence-corrected chi connectivity index (χ3v) is 3.47. The summed E-state index contributed by atoms with van der Waals surface area (Å²) in [7, 11) is 0. The van der Waals surface area contributed by atoms with Crippen LogP contribution < -0.4 is 0 Å². The Balaban J connectivity index is 0.00000111. The van der Waals surface area contributed by atoms with E-state index >= 15 is 0 Å². The van der Waals surface area contributed by atoms with Crippen molar-refractivity contribution in [2.24, 2.45) is 0 Å². The predicted molar refractivity (Wildman–Crippen MR) is 131 cm³/mol. The van der Waals surface area contributed by atoms with Crippen molar-refractivity contribution in [3.8, 4) is 0 Å². The molecule has 0 fully saturated rings. The van der Waals surface area contributed by atoms with Crippen LogP contribution in [-0.2, 0) is 0 Å². The monoisotopic (exact) mass is 372 g/mol. The van der Waals surface area contributed by atoms with Crippen molar-refractivity contribution >= 4 is 24.3 Å². The van der Waals surface area contributed by atoms with Gasteiger partial charge in [-0.3, -0.25) is 0 Å². The van der Waals surface area contributed by atoms with Gasteiger partial charge in [-0.2, -0.15) is 0 Å². The fourth-order valence-corrected chi connectivity index (χ4v) is 2.23. The average Bonchev–Trinajstić information content (AvgIpc) is 2.82. The Bertz CT molecular complexity index is 680. The molecule has 0 amide bonds. The van der Waals surface area contributed by atoms with Crippen LogP contribution in [0, 0.1) is 0 Å². The summed E-state index contributed by atoms with van der Waals surface area (Å²) in [5.41, 5.74) is 4.85. The third-order valence-electron chi connectivity index (χ3n) is 3.47. The minimum absolute atomic E-state index is 1.21. The van der Waals surface area contributed by atoms with Crippen LogP contribution in [0.1, 0.15) is 63.8 Å². The molecule has 28 heavy (non-hydrogen) atoms. The molecule has 0 nitrogen and oxygen atoms in total. The van der Waals surface area contributed by atoms with Crippen LogP contribution in [0.2, 0.25) is 0 Å². The van der Waals surface area contributed by atoms with Crippen molar-refractivity contribution in [2.75, 3.05) is 0 Å². The summed E-state index contributed by atoms with van der Waals surface area (Å²) in [6, 6.07) is 29.3. The van der Waals surface area contributed by atoms with Gasteiger partial charge < -0.3 is 0 Å². The van der Waals surface area contributed by atoms with Crippen LogP contribution in [-0.4, -0.2) is 0 Å². The fourth-order valence-electron chi connectivity index (χ4n) is 2.23. The van der Waals surface area contributed by atoms with Crippen molar-refractivity contribution in [1.29, 1.82) is 0 Å². The van der Waals surface area contributed by atoms with Crippen LogP contribution >= 0.6 is 0 Å². The molecule has 0 aliphatic rings. The molecule has 0 aliphatic heterocycles. The fraction of sp³-hybridized carbons (Fsp3) is 0.214. The lowest BCUT2D eigenvalue weighted by Crippen LogP contribution is -1.75. The van der Waals surface area contributed by atoms with Gasteiger partial charge in [0.2, 0.25) is 0 Å². The quantitative estimate of drug-likeness (QED) is 0.400. The van der Waals surface area contributed by atoms with Gasteiger partial charge in [0.15, 0.2) is 0 Å². The van der Waals surface area contributed by atoms with Gasteiger partial charge >= 0.3 is 0 Å². The molecule has 0 aromatic heterocycles. The zero-order chi connectivity index (χ0) is 21.0. The van der Waals surface area contributed by atoms with E-state index in [0.717, 1.165) is 0 Å². The van der Waals surface area contributed by atoms with Gasteiger partial charge in [-0.05, 0) is 22.3 Å². The highest BCUT2D eigenvalue weighted by Crippen LogP contribution is 2.12. The smallest absolute Gasteiger partial charge is 0.0256 e. The SMILES string of the molecule is C(=C\c1ccc(/C=C/c2ccccc2)cc1)/c1ccccc1.CC.CC.CC. The van der Waals surface area contributed by atoms with E-state index in [1.807, 2.05) is 53.7 Å². The van der Waals surface area contributed by atoms with Gasteiger partial charge in [-0.15, -0.1) is 0 Å². The van der Waals surface area contributed by atoms with E-state index in [0.29, 0.717) is 0 Å². The first-order valence-corrected chi connectivity index (χ1v) is 10.5. The van der Waals surface area contributed by atoms with Crippen LogP contribution in [0.3, 0.4) is 0 Å². The second-order valence-electron chi connectivity index (χ2n) is 5.15. The van der Waals surface area contributed by atoms with Gasteiger partial charge in [0.25, 0.3) is 0 Å². The Morgan fingerprint density at radius 1 is 0.321 bits per heavy atom. The predicted octanol–water partition coefficient (Wildman–Crippen LogP) is 9.11. The summed E-state index contributed by atoms with van der Waals surface area (Å²) in [6.45, 7) is 12.0. The van der Waals surface area contributed by atoms with Gasteiger partial charge in [0, 0.05) is 0 Å². The van der Waals surface area contributed by atoms with Crippen molar-refractivity contribution in [1.82, 2.24) is 0 Å². The van der Waals surface area contributed by atoms with E-state index in [4.69, 9.17) is 0 Å². The molecule has 0 N–H and O–H groups in total. The van der Waals surface area contributed by atoms with Crippen LogP contribution in [0.25, 0.3) is 24.3 Å². The summed E-state index contributed by atoms with van der Waals surface area (Å²) >= 11 is 0. The maximum atomic E-state index is 2.14. The van der Waals surface area contributed by atoms with Gasteiger partial charge in [-0.1, -0.05) is 151 Å². The lowest BCUT2D eigenvalue weighted by atomic mass is 10.1. The van der Waals surface area contributed by atoms with Crippen molar-refractivity contribution in [3.63, 3.8) is 0 Å². The molecule has 148 valence electrons. The minimum atomic E-state index is 1.21.